The average Bonchev–Trinajstić information content (AvgIpc) is 2.77. The van der Waals surface area contributed by atoms with Crippen molar-refractivity contribution in [2.75, 3.05) is 12.4 Å². The van der Waals surface area contributed by atoms with Gasteiger partial charge in [0, 0.05) is 24.7 Å². The summed E-state index contributed by atoms with van der Waals surface area (Å²) in [6, 6.07) is 6.42. The fraction of sp³-hybridized carbons (Fsp3) is 0.250. The molecule has 3 nitrogen and oxygen atoms in total. The Morgan fingerprint density at radius 3 is 2.76 bits per heavy atom. The fourth-order valence-electron chi connectivity index (χ4n) is 1.48. The molecule has 2 aromatic rings. The van der Waals surface area contributed by atoms with E-state index < -0.39 is 0 Å². The fourth-order valence-corrected chi connectivity index (χ4v) is 2.18. The maximum Gasteiger partial charge on any atom is 0.168 e. The van der Waals surface area contributed by atoms with Crippen molar-refractivity contribution < 1.29 is 9.50 Å². The second-order valence-corrected chi connectivity index (χ2v) is 4.60. The van der Waals surface area contributed by atoms with Crippen molar-refractivity contribution in [3.63, 3.8) is 0 Å². The van der Waals surface area contributed by atoms with E-state index in [9.17, 15) is 4.39 Å². The van der Waals surface area contributed by atoms with Crippen molar-refractivity contribution in [1.29, 1.82) is 0 Å². The number of nitrogens with zero attached hydrogens (tertiary/aromatic N) is 2. The molecule has 1 N–H and O–H groups in total. The molecule has 1 aromatic carbocycles. The Labute approximate surface area is 103 Å². The van der Waals surface area contributed by atoms with Crippen LogP contribution in [0.4, 0.5) is 4.39 Å². The highest BCUT2D eigenvalue weighted by Crippen LogP contribution is 2.16. The second kappa shape index (κ2) is 5.84. The van der Waals surface area contributed by atoms with Gasteiger partial charge in [-0.2, -0.15) is 0 Å². The van der Waals surface area contributed by atoms with Gasteiger partial charge in [-0.1, -0.05) is 23.9 Å². The summed E-state index contributed by atoms with van der Waals surface area (Å²) in [7, 11) is 0. The number of hydrogen-bond donors (Lipinski definition) is 1. The largest absolute Gasteiger partial charge is 0.396 e. The maximum atomic E-state index is 12.8. The highest BCUT2D eigenvalue weighted by Gasteiger charge is 2.03. The van der Waals surface area contributed by atoms with Gasteiger partial charge in [0.2, 0.25) is 0 Å². The second-order valence-electron chi connectivity index (χ2n) is 3.54. The summed E-state index contributed by atoms with van der Waals surface area (Å²) < 4.78 is 14.7. The van der Waals surface area contributed by atoms with Crippen molar-refractivity contribution in [3.05, 3.63) is 48.0 Å². The van der Waals surface area contributed by atoms with Gasteiger partial charge < -0.3 is 9.67 Å². The van der Waals surface area contributed by atoms with E-state index in [1.165, 1.54) is 23.9 Å². The predicted molar refractivity (Wildman–Crippen MR) is 65.5 cm³/mol. The molecule has 5 heteroatoms. The standard InChI is InChI=1S/C12H13FN2OS/c13-11-3-1-10(2-4-11)9-15-6-5-14-12(15)17-8-7-16/h1-6,16H,7-9H2. The summed E-state index contributed by atoms with van der Waals surface area (Å²) in [5.74, 6) is 0.398. The molecule has 0 saturated carbocycles. The Hall–Kier alpha value is -1.33. The zero-order valence-corrected chi connectivity index (χ0v) is 10.0. The number of aliphatic hydroxyl groups excluding tert-OH is 1. The molecule has 0 aliphatic rings. The smallest absolute Gasteiger partial charge is 0.168 e. The number of halogens is 1. The third-order valence-corrected chi connectivity index (χ3v) is 3.25. The minimum absolute atomic E-state index is 0.133. The first-order valence-corrected chi connectivity index (χ1v) is 6.27. The Kier molecular flexibility index (Phi) is 4.17. The number of aliphatic hydroxyl groups is 1. The zero-order chi connectivity index (χ0) is 12.1. The van der Waals surface area contributed by atoms with Crippen molar-refractivity contribution in [2.45, 2.75) is 11.7 Å². The minimum Gasteiger partial charge on any atom is -0.396 e. The molecule has 0 aliphatic carbocycles. The number of aromatic nitrogens is 2. The molecule has 0 aliphatic heterocycles. The monoisotopic (exact) mass is 252 g/mol. The van der Waals surface area contributed by atoms with Crippen molar-refractivity contribution in [3.8, 4) is 0 Å². The number of thioether (sulfide) groups is 1. The topological polar surface area (TPSA) is 38.1 Å². The van der Waals surface area contributed by atoms with E-state index in [0.29, 0.717) is 12.3 Å². The summed E-state index contributed by atoms with van der Waals surface area (Å²) in [5.41, 5.74) is 1.02. The van der Waals surface area contributed by atoms with E-state index in [4.69, 9.17) is 5.11 Å². The van der Waals surface area contributed by atoms with E-state index in [1.54, 1.807) is 18.3 Å². The molecule has 0 atom stereocenters. The number of imidazole rings is 1. The molecule has 0 bridgehead atoms. The molecular weight excluding hydrogens is 239 g/mol. The van der Waals surface area contributed by atoms with Gasteiger partial charge in [0.05, 0.1) is 6.61 Å². The van der Waals surface area contributed by atoms with E-state index in [2.05, 4.69) is 4.98 Å². The van der Waals surface area contributed by atoms with Gasteiger partial charge in [-0.05, 0) is 17.7 Å². The van der Waals surface area contributed by atoms with Gasteiger partial charge in [0.1, 0.15) is 5.82 Å². The number of hydrogen-bond acceptors (Lipinski definition) is 3. The molecule has 2 rings (SSSR count). The molecule has 17 heavy (non-hydrogen) atoms. The van der Waals surface area contributed by atoms with Gasteiger partial charge in [0.25, 0.3) is 0 Å². The van der Waals surface area contributed by atoms with Crippen LogP contribution in [0.1, 0.15) is 5.56 Å². The van der Waals surface area contributed by atoms with Crippen LogP contribution < -0.4 is 0 Å². The van der Waals surface area contributed by atoms with Crippen LogP contribution in [0.2, 0.25) is 0 Å². The van der Waals surface area contributed by atoms with Crippen LogP contribution in [0, 0.1) is 5.82 Å². The lowest BCUT2D eigenvalue weighted by Gasteiger charge is -2.06. The van der Waals surface area contributed by atoms with E-state index in [0.717, 1.165) is 10.7 Å². The average molecular weight is 252 g/mol. The van der Waals surface area contributed by atoms with Crippen LogP contribution in [0.5, 0.6) is 0 Å². The third kappa shape index (κ3) is 3.31. The van der Waals surface area contributed by atoms with E-state index >= 15 is 0 Å². The summed E-state index contributed by atoms with van der Waals surface area (Å²) >= 11 is 1.50. The molecule has 0 amide bonds. The minimum atomic E-state index is -0.228. The van der Waals surface area contributed by atoms with Crippen LogP contribution in [0.15, 0.2) is 41.8 Å². The number of benzene rings is 1. The molecule has 0 unspecified atom stereocenters. The highest BCUT2D eigenvalue weighted by molar-refractivity contribution is 7.99. The van der Waals surface area contributed by atoms with Gasteiger partial charge in [-0.15, -0.1) is 0 Å². The molecular formula is C12H13FN2OS. The maximum absolute atomic E-state index is 12.8. The van der Waals surface area contributed by atoms with Gasteiger partial charge in [-0.25, -0.2) is 9.37 Å². The van der Waals surface area contributed by atoms with Crippen molar-refractivity contribution in [2.24, 2.45) is 0 Å². The molecule has 1 heterocycles. The zero-order valence-electron chi connectivity index (χ0n) is 9.21. The normalized spacial score (nSPS) is 10.7. The van der Waals surface area contributed by atoms with E-state index in [1.807, 2.05) is 10.8 Å². The van der Waals surface area contributed by atoms with E-state index in [-0.39, 0.29) is 12.4 Å². The first-order chi connectivity index (χ1) is 8.29. The van der Waals surface area contributed by atoms with Crippen molar-refractivity contribution in [1.82, 2.24) is 9.55 Å². The third-order valence-electron chi connectivity index (χ3n) is 2.27. The Bertz CT molecular complexity index is 470. The predicted octanol–water partition coefficient (Wildman–Crippen LogP) is 2.15. The summed E-state index contributed by atoms with van der Waals surface area (Å²) in [6.07, 6.45) is 3.60. The Balaban J connectivity index is 2.07. The lowest BCUT2D eigenvalue weighted by Crippen LogP contribution is -2.01. The Morgan fingerprint density at radius 1 is 1.29 bits per heavy atom. The summed E-state index contributed by atoms with van der Waals surface area (Å²) in [4.78, 5) is 4.21. The summed E-state index contributed by atoms with van der Waals surface area (Å²) in [6.45, 7) is 0.794. The van der Waals surface area contributed by atoms with Crippen LogP contribution in [-0.4, -0.2) is 27.0 Å². The van der Waals surface area contributed by atoms with Crippen LogP contribution >= 0.6 is 11.8 Å². The molecule has 1 aromatic heterocycles. The van der Waals surface area contributed by atoms with Crippen LogP contribution in [0.25, 0.3) is 0 Å². The molecule has 0 radical (unpaired) electrons. The lowest BCUT2D eigenvalue weighted by molar-refractivity contribution is 0.322. The molecule has 0 spiro atoms. The Morgan fingerprint density at radius 2 is 2.06 bits per heavy atom. The van der Waals surface area contributed by atoms with Gasteiger partial charge in [0.15, 0.2) is 5.16 Å². The van der Waals surface area contributed by atoms with Crippen LogP contribution in [0.3, 0.4) is 0 Å². The SMILES string of the molecule is OCCSc1nccn1Cc1ccc(F)cc1. The highest BCUT2D eigenvalue weighted by atomic mass is 32.2. The summed E-state index contributed by atoms with van der Waals surface area (Å²) in [5, 5.41) is 9.64. The quantitative estimate of drug-likeness (QED) is 0.829. The molecule has 90 valence electrons. The number of rotatable bonds is 5. The van der Waals surface area contributed by atoms with Gasteiger partial charge >= 0.3 is 0 Å². The van der Waals surface area contributed by atoms with Gasteiger partial charge in [-0.3, -0.25) is 0 Å². The molecule has 0 saturated heterocycles. The van der Waals surface area contributed by atoms with Crippen molar-refractivity contribution >= 4 is 11.8 Å². The lowest BCUT2D eigenvalue weighted by atomic mass is 10.2. The van der Waals surface area contributed by atoms with Crippen LogP contribution in [-0.2, 0) is 6.54 Å². The first-order valence-electron chi connectivity index (χ1n) is 5.29. The molecule has 0 fully saturated rings. The first kappa shape index (κ1) is 12.1.